The summed E-state index contributed by atoms with van der Waals surface area (Å²) in [5.41, 5.74) is 6.00. The molecule has 3 N–H and O–H groups in total. The number of halogens is 1. The number of hydrogen-bond donors (Lipinski definition) is 2. The maximum Gasteiger partial charge on any atom is 0.245 e. The minimum atomic E-state index is -0.423. The van der Waals surface area contributed by atoms with E-state index in [1.165, 1.54) is 0 Å². The minimum Gasteiger partial charge on any atom is -0.378 e. The van der Waals surface area contributed by atoms with Crippen LogP contribution in [-0.2, 0) is 14.3 Å². The topological polar surface area (TPSA) is 84.7 Å². The van der Waals surface area contributed by atoms with Crippen molar-refractivity contribution in [1.82, 2.24) is 10.2 Å². The lowest BCUT2D eigenvalue weighted by Crippen LogP contribution is -2.51. The van der Waals surface area contributed by atoms with Crippen LogP contribution >= 0.6 is 12.4 Å². The molecule has 1 unspecified atom stereocenters. The highest BCUT2D eigenvalue weighted by Crippen LogP contribution is 2.26. The summed E-state index contributed by atoms with van der Waals surface area (Å²) in [6.45, 7) is 4.29. The lowest BCUT2D eigenvalue weighted by Gasteiger charge is -2.30. The van der Waals surface area contributed by atoms with Crippen molar-refractivity contribution < 1.29 is 14.3 Å². The van der Waals surface area contributed by atoms with E-state index < -0.39 is 6.04 Å². The van der Waals surface area contributed by atoms with E-state index in [1.54, 1.807) is 4.90 Å². The van der Waals surface area contributed by atoms with Crippen LogP contribution in [0.1, 0.15) is 39.0 Å². The Hall–Kier alpha value is -0.850. The van der Waals surface area contributed by atoms with E-state index in [4.69, 9.17) is 10.5 Å². The van der Waals surface area contributed by atoms with Gasteiger partial charge in [0.1, 0.15) is 6.04 Å². The molecule has 1 aliphatic heterocycles. The highest BCUT2D eigenvalue weighted by atomic mass is 35.5. The van der Waals surface area contributed by atoms with Crippen LogP contribution in [0.5, 0.6) is 0 Å². The summed E-state index contributed by atoms with van der Waals surface area (Å²) in [7, 11) is 0. The first-order valence-corrected chi connectivity index (χ1v) is 8.03. The number of rotatable bonds is 5. The predicted octanol–water partition coefficient (Wildman–Crippen LogP) is 0.679. The molecule has 6 nitrogen and oxygen atoms in total. The van der Waals surface area contributed by atoms with Crippen molar-refractivity contribution in [2.75, 3.05) is 26.3 Å². The smallest absolute Gasteiger partial charge is 0.245 e. The Labute approximate surface area is 138 Å². The average molecular weight is 334 g/mol. The zero-order valence-corrected chi connectivity index (χ0v) is 14.1. The van der Waals surface area contributed by atoms with Gasteiger partial charge in [-0.2, -0.15) is 0 Å². The van der Waals surface area contributed by atoms with E-state index in [2.05, 4.69) is 5.32 Å². The van der Waals surface area contributed by atoms with E-state index in [1.807, 2.05) is 6.92 Å². The van der Waals surface area contributed by atoms with Crippen LogP contribution in [0, 0.1) is 5.92 Å². The SMILES string of the molecule is CCC(NC(=O)C[C@@H]1CCC[C@H]1N)C(=O)N1CCOCC1.Cl. The molecule has 2 amide bonds. The molecule has 1 saturated carbocycles. The Morgan fingerprint density at radius 1 is 1.32 bits per heavy atom. The largest absolute Gasteiger partial charge is 0.378 e. The molecule has 1 heterocycles. The first kappa shape index (κ1) is 19.2. The summed E-state index contributed by atoms with van der Waals surface area (Å²) < 4.78 is 5.25. The molecule has 2 rings (SSSR count). The molecular weight excluding hydrogens is 306 g/mol. The molecule has 0 bridgehead atoms. The van der Waals surface area contributed by atoms with Crippen LogP contribution in [0.25, 0.3) is 0 Å². The van der Waals surface area contributed by atoms with Crippen molar-refractivity contribution in [2.45, 2.75) is 51.1 Å². The van der Waals surface area contributed by atoms with Gasteiger partial charge < -0.3 is 20.7 Å². The summed E-state index contributed by atoms with van der Waals surface area (Å²) in [5.74, 6) is 0.219. The van der Waals surface area contributed by atoms with E-state index >= 15 is 0 Å². The van der Waals surface area contributed by atoms with Crippen molar-refractivity contribution in [3.05, 3.63) is 0 Å². The summed E-state index contributed by atoms with van der Waals surface area (Å²) in [6.07, 6.45) is 4.17. The summed E-state index contributed by atoms with van der Waals surface area (Å²) in [5, 5.41) is 2.88. The molecule has 2 aliphatic rings. The molecule has 1 saturated heterocycles. The number of nitrogens with zero attached hydrogens (tertiary/aromatic N) is 1. The van der Waals surface area contributed by atoms with Gasteiger partial charge in [0.2, 0.25) is 11.8 Å². The molecule has 2 fully saturated rings. The summed E-state index contributed by atoms with van der Waals surface area (Å²) >= 11 is 0. The minimum absolute atomic E-state index is 0. The molecule has 0 aromatic heterocycles. The van der Waals surface area contributed by atoms with Gasteiger partial charge in [-0.25, -0.2) is 0 Å². The van der Waals surface area contributed by atoms with Crippen LogP contribution in [0.2, 0.25) is 0 Å². The van der Waals surface area contributed by atoms with Gasteiger partial charge >= 0.3 is 0 Å². The number of nitrogens with one attached hydrogen (secondary N) is 1. The molecule has 22 heavy (non-hydrogen) atoms. The fourth-order valence-electron chi connectivity index (χ4n) is 3.15. The molecule has 128 valence electrons. The molecule has 0 spiro atoms. The number of ether oxygens (including phenoxy) is 1. The Kier molecular flexibility index (Phi) is 8.14. The lowest BCUT2D eigenvalue weighted by atomic mass is 9.99. The van der Waals surface area contributed by atoms with E-state index in [9.17, 15) is 9.59 Å². The van der Waals surface area contributed by atoms with Gasteiger partial charge in [-0.1, -0.05) is 13.3 Å². The molecule has 3 atom stereocenters. The third-order valence-electron chi connectivity index (χ3n) is 4.53. The zero-order valence-electron chi connectivity index (χ0n) is 13.3. The Morgan fingerprint density at radius 3 is 2.55 bits per heavy atom. The Bertz CT molecular complexity index is 375. The highest BCUT2D eigenvalue weighted by molar-refractivity contribution is 5.87. The first-order valence-electron chi connectivity index (χ1n) is 8.03. The number of carbonyl (C=O) groups excluding carboxylic acids is 2. The lowest BCUT2D eigenvalue weighted by molar-refractivity contribution is -0.140. The normalized spacial score (nSPS) is 26.2. The molecule has 0 aromatic carbocycles. The van der Waals surface area contributed by atoms with E-state index in [0.717, 1.165) is 19.3 Å². The fraction of sp³-hybridized carbons (Fsp3) is 0.867. The number of hydrogen-bond acceptors (Lipinski definition) is 4. The van der Waals surface area contributed by atoms with Crippen molar-refractivity contribution in [3.63, 3.8) is 0 Å². The number of nitrogens with two attached hydrogens (primary N) is 1. The van der Waals surface area contributed by atoms with Gasteiger partial charge in [0.15, 0.2) is 0 Å². The zero-order chi connectivity index (χ0) is 15.2. The molecule has 1 aliphatic carbocycles. The van der Waals surface area contributed by atoms with Gasteiger partial charge in [-0.05, 0) is 25.2 Å². The van der Waals surface area contributed by atoms with Gasteiger partial charge in [0, 0.05) is 25.6 Å². The Balaban J connectivity index is 0.00000242. The van der Waals surface area contributed by atoms with Crippen molar-refractivity contribution >= 4 is 24.2 Å². The third kappa shape index (κ3) is 5.11. The van der Waals surface area contributed by atoms with Gasteiger partial charge in [-0.15, -0.1) is 12.4 Å². The molecular formula is C15H28ClN3O3. The standard InChI is InChI=1S/C15H27N3O3.ClH/c1-2-13(15(20)18-6-8-21-9-7-18)17-14(19)10-11-4-3-5-12(11)16;/h11-13H,2-10,16H2,1H3,(H,17,19);1H/t11-,12+,13?;/m0./s1. The first-order chi connectivity index (χ1) is 10.1. The number of amides is 2. The second-order valence-electron chi connectivity index (χ2n) is 6.02. The second-order valence-corrected chi connectivity index (χ2v) is 6.02. The van der Waals surface area contributed by atoms with Crippen LogP contribution < -0.4 is 11.1 Å². The molecule has 7 heteroatoms. The number of carbonyl (C=O) groups is 2. The van der Waals surface area contributed by atoms with E-state index in [-0.39, 0.29) is 36.2 Å². The maximum atomic E-state index is 12.4. The van der Waals surface area contributed by atoms with Crippen molar-refractivity contribution in [2.24, 2.45) is 11.7 Å². The van der Waals surface area contributed by atoms with Crippen LogP contribution in [0.15, 0.2) is 0 Å². The van der Waals surface area contributed by atoms with E-state index in [0.29, 0.717) is 39.1 Å². The fourth-order valence-corrected chi connectivity index (χ4v) is 3.15. The van der Waals surface area contributed by atoms with Crippen molar-refractivity contribution in [3.8, 4) is 0 Å². The number of morpholine rings is 1. The van der Waals surface area contributed by atoms with Gasteiger partial charge in [-0.3, -0.25) is 9.59 Å². The molecule has 0 radical (unpaired) electrons. The summed E-state index contributed by atoms with van der Waals surface area (Å²) in [6, 6.07) is -0.293. The van der Waals surface area contributed by atoms with Crippen LogP contribution in [0.3, 0.4) is 0 Å². The van der Waals surface area contributed by atoms with Gasteiger partial charge in [0.25, 0.3) is 0 Å². The third-order valence-corrected chi connectivity index (χ3v) is 4.53. The average Bonchev–Trinajstić information content (AvgIpc) is 2.90. The quantitative estimate of drug-likeness (QED) is 0.775. The predicted molar refractivity (Wildman–Crippen MR) is 86.8 cm³/mol. The highest BCUT2D eigenvalue weighted by Gasteiger charge is 2.29. The van der Waals surface area contributed by atoms with Gasteiger partial charge in [0.05, 0.1) is 13.2 Å². The second kappa shape index (κ2) is 9.33. The van der Waals surface area contributed by atoms with Crippen LogP contribution in [0.4, 0.5) is 0 Å². The van der Waals surface area contributed by atoms with Crippen LogP contribution in [-0.4, -0.2) is 55.1 Å². The maximum absolute atomic E-state index is 12.4. The van der Waals surface area contributed by atoms with Crippen molar-refractivity contribution in [1.29, 1.82) is 0 Å². The monoisotopic (exact) mass is 333 g/mol. The summed E-state index contributed by atoms with van der Waals surface area (Å²) in [4.78, 5) is 26.3. The molecule has 0 aromatic rings. The Morgan fingerprint density at radius 2 is 2.00 bits per heavy atom.